The predicted octanol–water partition coefficient (Wildman–Crippen LogP) is 3.04. The predicted molar refractivity (Wildman–Crippen MR) is 122 cm³/mol. The number of carbonyl (C=O) groups excluding carboxylic acids is 2. The lowest BCUT2D eigenvalue weighted by atomic mass is 9.97. The minimum Gasteiger partial charge on any atom is -0.465 e. The summed E-state index contributed by atoms with van der Waals surface area (Å²) in [7, 11) is 2.14. The first-order valence-corrected chi connectivity index (χ1v) is 12.6. The van der Waals surface area contributed by atoms with Crippen LogP contribution < -0.4 is 11.1 Å². The fraction of sp³-hybridized carbons (Fsp3) is 0.909. The van der Waals surface area contributed by atoms with Crippen LogP contribution in [0, 0.1) is 11.8 Å². The van der Waals surface area contributed by atoms with Gasteiger partial charge in [-0.2, -0.15) is 11.8 Å². The highest BCUT2D eigenvalue weighted by Gasteiger charge is 2.19. The smallest absolute Gasteiger partial charge is 0.306 e. The number of ether oxygens (including phenoxy) is 1. The molecule has 1 amide bonds. The molecule has 29 heavy (non-hydrogen) atoms. The molecule has 170 valence electrons. The van der Waals surface area contributed by atoms with Gasteiger partial charge in [0.15, 0.2) is 0 Å². The van der Waals surface area contributed by atoms with E-state index in [9.17, 15) is 9.59 Å². The number of carbonyl (C=O) groups is 2. The van der Waals surface area contributed by atoms with Crippen molar-refractivity contribution in [1.29, 1.82) is 0 Å². The average Bonchev–Trinajstić information content (AvgIpc) is 2.72. The summed E-state index contributed by atoms with van der Waals surface area (Å²) in [6.07, 6.45) is 7.88. The molecular weight excluding hydrogens is 386 g/mol. The number of nitrogens with zero attached hydrogens (tertiary/aromatic N) is 1. The molecule has 7 heteroatoms. The molecule has 0 bridgehead atoms. The van der Waals surface area contributed by atoms with Gasteiger partial charge in [0.05, 0.1) is 19.1 Å². The number of nitrogens with one attached hydrogen (secondary N) is 1. The zero-order valence-corrected chi connectivity index (χ0v) is 19.6. The number of thioether (sulfide) groups is 1. The lowest BCUT2D eigenvalue weighted by Gasteiger charge is -2.29. The molecule has 1 rings (SSSR count). The van der Waals surface area contributed by atoms with E-state index in [-0.39, 0.29) is 11.9 Å². The van der Waals surface area contributed by atoms with E-state index in [1.54, 1.807) is 11.8 Å². The number of hydrogen-bond acceptors (Lipinski definition) is 6. The topological polar surface area (TPSA) is 84.7 Å². The van der Waals surface area contributed by atoms with Gasteiger partial charge >= 0.3 is 5.97 Å². The highest BCUT2D eigenvalue weighted by atomic mass is 32.2. The molecule has 3 N–H and O–H groups in total. The molecule has 0 spiro atoms. The molecule has 0 aromatic rings. The van der Waals surface area contributed by atoms with Crippen LogP contribution in [0.25, 0.3) is 0 Å². The molecule has 1 saturated heterocycles. The number of nitrogens with two attached hydrogens (primary N) is 1. The summed E-state index contributed by atoms with van der Waals surface area (Å²) < 4.78 is 5.41. The normalized spacial score (nSPS) is 17.7. The van der Waals surface area contributed by atoms with Crippen molar-refractivity contribution in [3.63, 3.8) is 0 Å². The van der Waals surface area contributed by atoms with Gasteiger partial charge in [0, 0.05) is 12.3 Å². The third-order valence-corrected chi connectivity index (χ3v) is 6.80. The van der Waals surface area contributed by atoms with E-state index < -0.39 is 6.04 Å². The van der Waals surface area contributed by atoms with Crippen LogP contribution in [0.2, 0.25) is 0 Å². The molecule has 1 aliphatic heterocycles. The lowest BCUT2D eigenvalue weighted by Crippen LogP contribution is -2.44. The lowest BCUT2D eigenvalue weighted by molar-refractivity contribution is -0.144. The number of hydrogen-bond donors (Lipinski definition) is 2. The fourth-order valence-electron chi connectivity index (χ4n) is 3.42. The summed E-state index contributed by atoms with van der Waals surface area (Å²) in [6.45, 7) is 7.81. The molecule has 2 atom stereocenters. The molecule has 1 heterocycles. The van der Waals surface area contributed by atoms with E-state index in [4.69, 9.17) is 10.5 Å². The van der Waals surface area contributed by atoms with Crippen LogP contribution in [0.4, 0.5) is 0 Å². The molecule has 1 aliphatic rings. The average molecular weight is 430 g/mol. The SMILES string of the molecule is CCCCC(CC)COC(=O)CCSCCC(N)C(=O)NCC1CCN(C)CC1. The van der Waals surface area contributed by atoms with Crippen LogP contribution in [0.3, 0.4) is 0 Å². The Morgan fingerprint density at radius 1 is 1.21 bits per heavy atom. The van der Waals surface area contributed by atoms with Crippen molar-refractivity contribution >= 4 is 23.6 Å². The minimum absolute atomic E-state index is 0.0541. The van der Waals surface area contributed by atoms with Crippen LogP contribution in [-0.4, -0.2) is 67.6 Å². The summed E-state index contributed by atoms with van der Waals surface area (Å²) in [5.74, 6) is 2.38. The third kappa shape index (κ3) is 12.5. The Morgan fingerprint density at radius 3 is 2.59 bits per heavy atom. The van der Waals surface area contributed by atoms with Gasteiger partial charge in [0.25, 0.3) is 0 Å². The molecule has 0 aromatic heterocycles. The van der Waals surface area contributed by atoms with Gasteiger partial charge in [-0.25, -0.2) is 0 Å². The number of unbranched alkanes of at least 4 members (excludes halogenated alkanes) is 1. The zero-order valence-electron chi connectivity index (χ0n) is 18.8. The first-order valence-electron chi connectivity index (χ1n) is 11.4. The molecule has 0 aromatic carbocycles. The van der Waals surface area contributed by atoms with E-state index in [2.05, 4.69) is 31.1 Å². The second kappa shape index (κ2) is 16.0. The fourth-order valence-corrected chi connectivity index (χ4v) is 4.36. The third-order valence-electron chi connectivity index (χ3n) is 5.79. The number of piperidine rings is 1. The molecule has 6 nitrogen and oxygen atoms in total. The van der Waals surface area contributed by atoms with Crippen molar-refractivity contribution in [3.05, 3.63) is 0 Å². The number of esters is 1. The number of likely N-dealkylation sites (tertiary alicyclic amines) is 1. The van der Waals surface area contributed by atoms with Crippen molar-refractivity contribution in [2.24, 2.45) is 17.6 Å². The molecule has 2 unspecified atom stereocenters. The molecule has 0 aliphatic carbocycles. The Labute approximate surface area is 182 Å². The standard InChI is InChI=1S/C22H43N3O3S/c1-4-6-7-18(5-2)17-28-21(26)11-15-29-14-10-20(23)22(27)24-16-19-8-12-25(3)13-9-19/h18-20H,4-17,23H2,1-3H3,(H,24,27). The molecule has 0 radical (unpaired) electrons. The van der Waals surface area contributed by atoms with Gasteiger partial charge in [-0.15, -0.1) is 0 Å². The van der Waals surface area contributed by atoms with E-state index in [0.717, 1.165) is 51.1 Å². The van der Waals surface area contributed by atoms with Crippen molar-refractivity contribution in [1.82, 2.24) is 10.2 Å². The van der Waals surface area contributed by atoms with Crippen molar-refractivity contribution < 1.29 is 14.3 Å². The van der Waals surface area contributed by atoms with Crippen molar-refractivity contribution in [2.75, 3.05) is 44.8 Å². The van der Waals surface area contributed by atoms with E-state index >= 15 is 0 Å². The van der Waals surface area contributed by atoms with E-state index in [0.29, 0.717) is 37.0 Å². The zero-order chi connectivity index (χ0) is 21.5. The summed E-state index contributed by atoms with van der Waals surface area (Å²) in [6, 6.07) is -0.468. The molecule has 0 saturated carbocycles. The van der Waals surface area contributed by atoms with Crippen LogP contribution in [0.1, 0.15) is 65.2 Å². The second-order valence-corrected chi connectivity index (χ2v) is 9.57. The molecular formula is C22H43N3O3S. The van der Waals surface area contributed by atoms with E-state index in [1.165, 1.54) is 12.8 Å². The Balaban J connectivity index is 2.03. The summed E-state index contributed by atoms with van der Waals surface area (Å²) in [4.78, 5) is 26.3. The van der Waals surface area contributed by atoms with Crippen molar-refractivity contribution in [3.8, 4) is 0 Å². The van der Waals surface area contributed by atoms with Crippen LogP contribution in [0.15, 0.2) is 0 Å². The Kier molecular flexibility index (Phi) is 14.5. The molecule has 1 fully saturated rings. The Hall–Kier alpha value is -0.790. The summed E-state index contributed by atoms with van der Waals surface area (Å²) >= 11 is 1.66. The maximum absolute atomic E-state index is 12.1. The van der Waals surface area contributed by atoms with Crippen molar-refractivity contribution in [2.45, 2.75) is 71.3 Å². The second-order valence-electron chi connectivity index (χ2n) is 8.35. The number of amides is 1. The van der Waals surface area contributed by atoms with Gasteiger partial charge in [-0.1, -0.05) is 33.1 Å². The van der Waals surface area contributed by atoms with Crippen LogP contribution in [-0.2, 0) is 14.3 Å². The summed E-state index contributed by atoms with van der Waals surface area (Å²) in [5.41, 5.74) is 6.01. The number of rotatable bonds is 15. The Bertz CT molecular complexity index is 457. The quantitative estimate of drug-likeness (QED) is 0.307. The van der Waals surface area contributed by atoms with Gasteiger partial charge in [-0.3, -0.25) is 9.59 Å². The van der Waals surface area contributed by atoms with Crippen LogP contribution >= 0.6 is 11.8 Å². The Morgan fingerprint density at radius 2 is 1.93 bits per heavy atom. The minimum atomic E-state index is -0.468. The first kappa shape index (κ1) is 26.2. The van der Waals surface area contributed by atoms with Gasteiger partial charge in [0.1, 0.15) is 0 Å². The first-order chi connectivity index (χ1) is 14.0. The van der Waals surface area contributed by atoms with Gasteiger partial charge in [-0.05, 0) is 63.4 Å². The van der Waals surface area contributed by atoms with Gasteiger partial charge < -0.3 is 20.7 Å². The maximum atomic E-state index is 12.1. The van der Waals surface area contributed by atoms with Gasteiger partial charge in [0.2, 0.25) is 5.91 Å². The monoisotopic (exact) mass is 429 g/mol. The summed E-state index contributed by atoms with van der Waals surface area (Å²) in [5, 5.41) is 3.01. The highest BCUT2D eigenvalue weighted by molar-refractivity contribution is 7.99. The maximum Gasteiger partial charge on any atom is 0.306 e. The van der Waals surface area contributed by atoms with E-state index in [1.807, 2.05) is 0 Å². The highest BCUT2D eigenvalue weighted by Crippen LogP contribution is 2.15. The van der Waals surface area contributed by atoms with Crippen LogP contribution in [0.5, 0.6) is 0 Å². The largest absolute Gasteiger partial charge is 0.465 e.